The van der Waals surface area contributed by atoms with Crippen molar-refractivity contribution in [3.05, 3.63) is 11.1 Å². The molecule has 2 rings (SSSR count). The van der Waals surface area contributed by atoms with Gasteiger partial charge in [-0.2, -0.15) is 5.26 Å². The maximum Gasteiger partial charge on any atom is 0.346 e. The first-order valence-corrected chi connectivity index (χ1v) is 5.77. The Hall–Kier alpha value is -1.34. The fourth-order valence-corrected chi connectivity index (χ4v) is 2.93. The van der Waals surface area contributed by atoms with Gasteiger partial charge in [0.25, 0.3) is 0 Å². The predicted octanol–water partition coefficient (Wildman–Crippen LogP) is 1.40. The van der Waals surface area contributed by atoms with Crippen LogP contribution in [0.3, 0.4) is 0 Å². The second kappa shape index (κ2) is 4.26. The van der Waals surface area contributed by atoms with Gasteiger partial charge >= 0.3 is 5.97 Å². The molecule has 4 heteroatoms. The molecule has 0 aliphatic carbocycles. The molecule has 2 aliphatic rings. The largest absolute Gasteiger partial charge is 0.477 e. The van der Waals surface area contributed by atoms with Gasteiger partial charge in [0, 0.05) is 19.1 Å². The summed E-state index contributed by atoms with van der Waals surface area (Å²) in [5, 5.41) is 17.9. The predicted molar refractivity (Wildman–Crippen MR) is 58.7 cm³/mol. The molecule has 16 heavy (non-hydrogen) atoms. The van der Waals surface area contributed by atoms with E-state index in [0.717, 1.165) is 31.4 Å². The van der Waals surface area contributed by atoms with Crippen LogP contribution in [0.15, 0.2) is 11.1 Å². The van der Waals surface area contributed by atoms with E-state index < -0.39 is 5.97 Å². The van der Waals surface area contributed by atoms with Crippen molar-refractivity contribution in [2.24, 2.45) is 5.92 Å². The molecule has 3 unspecified atom stereocenters. The third kappa shape index (κ3) is 1.72. The Kier molecular flexibility index (Phi) is 2.97. The van der Waals surface area contributed by atoms with E-state index in [1.54, 1.807) is 0 Å². The van der Waals surface area contributed by atoms with Crippen molar-refractivity contribution in [2.75, 3.05) is 13.1 Å². The molecule has 0 spiro atoms. The minimum absolute atomic E-state index is 0.0238. The molecule has 2 saturated heterocycles. The van der Waals surface area contributed by atoms with Crippen LogP contribution in [0.4, 0.5) is 0 Å². The first-order chi connectivity index (χ1) is 7.67. The fourth-order valence-electron chi connectivity index (χ4n) is 2.93. The average molecular weight is 220 g/mol. The molecule has 2 aliphatic heterocycles. The van der Waals surface area contributed by atoms with Gasteiger partial charge in [0.05, 0.1) is 0 Å². The molecular weight excluding hydrogens is 204 g/mol. The maximum atomic E-state index is 11.0. The second-order valence-corrected chi connectivity index (χ2v) is 4.58. The van der Waals surface area contributed by atoms with Crippen molar-refractivity contribution in [3.8, 4) is 6.07 Å². The van der Waals surface area contributed by atoms with E-state index in [9.17, 15) is 4.79 Å². The van der Waals surface area contributed by atoms with Crippen LogP contribution in [0.5, 0.6) is 0 Å². The molecule has 0 aromatic carbocycles. The van der Waals surface area contributed by atoms with E-state index in [4.69, 9.17) is 10.4 Å². The van der Waals surface area contributed by atoms with Gasteiger partial charge in [-0.1, -0.05) is 6.92 Å². The van der Waals surface area contributed by atoms with Gasteiger partial charge in [0.2, 0.25) is 0 Å². The number of nitrogens with zero attached hydrogens (tertiary/aromatic N) is 2. The van der Waals surface area contributed by atoms with Crippen LogP contribution in [-0.2, 0) is 4.79 Å². The number of aliphatic carboxylic acids is 1. The Morgan fingerprint density at radius 3 is 2.94 bits per heavy atom. The highest BCUT2D eigenvalue weighted by atomic mass is 16.4. The van der Waals surface area contributed by atoms with Gasteiger partial charge < -0.3 is 5.11 Å². The van der Waals surface area contributed by atoms with E-state index in [2.05, 4.69) is 11.8 Å². The highest BCUT2D eigenvalue weighted by Gasteiger charge is 2.38. The zero-order valence-corrected chi connectivity index (χ0v) is 9.44. The number of hydrogen-bond acceptors (Lipinski definition) is 3. The molecule has 0 saturated carbocycles. The highest BCUT2D eigenvalue weighted by molar-refractivity contribution is 5.92. The van der Waals surface area contributed by atoms with Gasteiger partial charge in [0.15, 0.2) is 0 Å². The number of piperidine rings is 1. The van der Waals surface area contributed by atoms with E-state index in [1.165, 1.54) is 0 Å². The molecule has 0 radical (unpaired) electrons. The lowest BCUT2D eigenvalue weighted by Crippen LogP contribution is -2.36. The van der Waals surface area contributed by atoms with E-state index in [1.807, 2.05) is 6.07 Å². The Balaban J connectivity index is 2.28. The van der Waals surface area contributed by atoms with Crippen LogP contribution in [-0.4, -0.2) is 35.1 Å². The Labute approximate surface area is 95.2 Å². The smallest absolute Gasteiger partial charge is 0.346 e. The molecule has 0 aromatic heterocycles. The van der Waals surface area contributed by atoms with Gasteiger partial charge in [-0.3, -0.25) is 4.90 Å². The Bertz CT molecular complexity index is 381. The number of carbonyl (C=O) groups is 1. The van der Waals surface area contributed by atoms with Crippen LogP contribution >= 0.6 is 0 Å². The number of hydrogen-bond donors (Lipinski definition) is 1. The summed E-state index contributed by atoms with van der Waals surface area (Å²) in [4.78, 5) is 13.3. The van der Waals surface area contributed by atoms with Crippen LogP contribution in [0.25, 0.3) is 0 Å². The highest BCUT2D eigenvalue weighted by Crippen LogP contribution is 2.37. The molecule has 0 amide bonds. The van der Waals surface area contributed by atoms with Gasteiger partial charge in [-0.15, -0.1) is 0 Å². The van der Waals surface area contributed by atoms with Crippen LogP contribution in [0.2, 0.25) is 0 Å². The third-order valence-corrected chi connectivity index (χ3v) is 3.80. The summed E-state index contributed by atoms with van der Waals surface area (Å²) in [6.07, 6.45) is 3.26. The number of nitriles is 1. The number of carboxylic acids is 1. The topological polar surface area (TPSA) is 64.3 Å². The molecule has 3 atom stereocenters. The summed E-state index contributed by atoms with van der Waals surface area (Å²) in [6.45, 7) is 3.78. The zero-order chi connectivity index (χ0) is 11.7. The summed E-state index contributed by atoms with van der Waals surface area (Å²) in [5.41, 5.74) is 0.829. The SMILES string of the molecule is CCC1CCC2CN1CC2=C(C#N)C(=O)O. The third-order valence-electron chi connectivity index (χ3n) is 3.80. The van der Waals surface area contributed by atoms with Crippen molar-refractivity contribution >= 4 is 5.97 Å². The first kappa shape index (κ1) is 11.2. The molecule has 1 N–H and O–H groups in total. The normalized spacial score (nSPS) is 35.6. The average Bonchev–Trinajstić information content (AvgIpc) is 2.58. The summed E-state index contributed by atoms with van der Waals surface area (Å²) < 4.78 is 0. The number of carboxylic acid groups (broad SMARTS) is 1. The summed E-state index contributed by atoms with van der Waals surface area (Å²) in [5.74, 6) is -0.771. The lowest BCUT2D eigenvalue weighted by Gasteiger charge is -2.30. The molecule has 2 heterocycles. The summed E-state index contributed by atoms with van der Waals surface area (Å²) in [6, 6.07) is 2.41. The minimum atomic E-state index is -1.07. The monoisotopic (exact) mass is 220 g/mol. The van der Waals surface area contributed by atoms with Crippen LogP contribution in [0.1, 0.15) is 26.2 Å². The molecule has 86 valence electrons. The quantitative estimate of drug-likeness (QED) is 0.564. The van der Waals surface area contributed by atoms with Crippen molar-refractivity contribution < 1.29 is 9.90 Å². The van der Waals surface area contributed by atoms with Gasteiger partial charge in [-0.05, 0) is 30.8 Å². The van der Waals surface area contributed by atoms with Crippen LogP contribution in [0, 0.1) is 17.2 Å². The number of fused-ring (bicyclic) bond motifs is 2. The van der Waals surface area contributed by atoms with Gasteiger partial charge in [0.1, 0.15) is 11.6 Å². The summed E-state index contributed by atoms with van der Waals surface area (Å²) >= 11 is 0. The van der Waals surface area contributed by atoms with Gasteiger partial charge in [-0.25, -0.2) is 4.79 Å². The molecule has 4 nitrogen and oxygen atoms in total. The van der Waals surface area contributed by atoms with E-state index in [-0.39, 0.29) is 5.57 Å². The Morgan fingerprint density at radius 2 is 2.38 bits per heavy atom. The molecule has 0 aromatic rings. The fraction of sp³-hybridized carbons (Fsp3) is 0.667. The lowest BCUT2D eigenvalue weighted by atomic mass is 9.90. The molecule has 2 fully saturated rings. The van der Waals surface area contributed by atoms with Crippen LogP contribution < -0.4 is 0 Å². The zero-order valence-electron chi connectivity index (χ0n) is 9.44. The van der Waals surface area contributed by atoms with Crippen molar-refractivity contribution in [1.82, 2.24) is 4.90 Å². The van der Waals surface area contributed by atoms with E-state index >= 15 is 0 Å². The molecule has 2 bridgehead atoms. The Morgan fingerprint density at radius 1 is 1.62 bits per heavy atom. The minimum Gasteiger partial charge on any atom is -0.477 e. The standard InChI is InChI=1S/C12H16N2O2/c1-2-9-4-3-8-6-14(9)7-11(8)10(5-13)12(15)16/h8-9H,2-4,6-7H2,1H3,(H,15,16). The van der Waals surface area contributed by atoms with E-state index in [0.29, 0.717) is 18.5 Å². The second-order valence-electron chi connectivity index (χ2n) is 4.58. The maximum absolute atomic E-state index is 11.0. The lowest BCUT2D eigenvalue weighted by molar-refractivity contribution is -0.132. The van der Waals surface area contributed by atoms with Crippen molar-refractivity contribution in [2.45, 2.75) is 32.2 Å². The summed E-state index contributed by atoms with van der Waals surface area (Å²) in [7, 11) is 0. The van der Waals surface area contributed by atoms with Crippen molar-refractivity contribution in [3.63, 3.8) is 0 Å². The van der Waals surface area contributed by atoms with Crippen molar-refractivity contribution in [1.29, 1.82) is 5.26 Å². The first-order valence-electron chi connectivity index (χ1n) is 5.77. The number of rotatable bonds is 2. The molecular formula is C12H16N2O2.